The Balaban J connectivity index is 1.61. The lowest BCUT2D eigenvalue weighted by Gasteiger charge is -2.28. The number of benzene rings is 2. The number of nitrogens with zero attached hydrogens (tertiary/aromatic N) is 3. The number of hydrogen-bond acceptors (Lipinski definition) is 4. The van der Waals surface area contributed by atoms with Gasteiger partial charge in [-0.15, -0.1) is 0 Å². The predicted molar refractivity (Wildman–Crippen MR) is 117 cm³/mol. The normalized spacial score (nSPS) is 14.2. The molecule has 1 atom stereocenters. The Morgan fingerprint density at radius 2 is 1.58 bits per heavy atom. The predicted octanol–water partition coefficient (Wildman–Crippen LogP) is 3.75. The van der Waals surface area contributed by atoms with Crippen molar-refractivity contribution in [2.24, 2.45) is 5.92 Å². The summed E-state index contributed by atoms with van der Waals surface area (Å²) in [6.45, 7) is 7.52. The maximum atomic E-state index is 13.2. The van der Waals surface area contributed by atoms with E-state index in [1.165, 1.54) is 0 Å². The fraction of sp³-hybridized carbons (Fsp3) is 0.250. The van der Waals surface area contributed by atoms with E-state index >= 15 is 0 Å². The molecule has 3 aromatic rings. The number of aromatic nitrogens is 2. The van der Waals surface area contributed by atoms with Crippen LogP contribution in [0.4, 0.5) is 5.69 Å². The summed E-state index contributed by atoms with van der Waals surface area (Å²) >= 11 is 0. The van der Waals surface area contributed by atoms with E-state index in [0.29, 0.717) is 16.8 Å². The number of aryl methyl sites for hydroxylation is 2. The molecule has 3 amide bonds. The number of anilines is 1. The lowest BCUT2D eigenvalue weighted by molar-refractivity contribution is -0.121. The average Bonchev–Trinajstić information content (AvgIpc) is 3.19. The molecule has 2 heterocycles. The van der Waals surface area contributed by atoms with Crippen molar-refractivity contribution < 1.29 is 14.4 Å². The van der Waals surface area contributed by atoms with Crippen molar-refractivity contribution in [3.05, 3.63) is 77.1 Å². The Hall–Kier alpha value is -3.74. The van der Waals surface area contributed by atoms with Crippen LogP contribution in [0.25, 0.3) is 5.69 Å². The molecule has 1 N–H and O–H groups in total. The van der Waals surface area contributed by atoms with Crippen LogP contribution >= 0.6 is 0 Å². The molecule has 2 aromatic carbocycles. The lowest BCUT2D eigenvalue weighted by atomic mass is 10.0. The van der Waals surface area contributed by atoms with Gasteiger partial charge in [0.1, 0.15) is 6.04 Å². The van der Waals surface area contributed by atoms with Gasteiger partial charge in [0.15, 0.2) is 0 Å². The number of rotatable bonds is 5. The molecule has 0 bridgehead atoms. The smallest absolute Gasteiger partial charge is 0.262 e. The van der Waals surface area contributed by atoms with Crippen LogP contribution in [0.15, 0.2) is 54.6 Å². The third-order valence-electron chi connectivity index (χ3n) is 5.37. The minimum absolute atomic E-state index is 0.263. The first-order valence-electron chi connectivity index (χ1n) is 10.2. The molecule has 158 valence electrons. The zero-order valence-corrected chi connectivity index (χ0v) is 17.9. The molecule has 1 aliphatic rings. The Labute approximate surface area is 180 Å². The van der Waals surface area contributed by atoms with Crippen molar-refractivity contribution in [3.63, 3.8) is 0 Å². The van der Waals surface area contributed by atoms with Gasteiger partial charge in [0.2, 0.25) is 5.91 Å². The Morgan fingerprint density at radius 1 is 0.935 bits per heavy atom. The minimum Gasteiger partial charge on any atom is -0.324 e. The molecule has 31 heavy (non-hydrogen) atoms. The Kier molecular flexibility index (Phi) is 5.19. The lowest BCUT2D eigenvalue weighted by Crippen LogP contribution is -2.50. The van der Waals surface area contributed by atoms with Gasteiger partial charge in [-0.1, -0.05) is 32.0 Å². The van der Waals surface area contributed by atoms with Crippen LogP contribution in [0.1, 0.15) is 46.0 Å². The second-order valence-corrected chi connectivity index (χ2v) is 8.09. The highest BCUT2D eigenvalue weighted by Gasteiger charge is 2.43. The number of carbonyl (C=O) groups is 3. The zero-order valence-electron chi connectivity index (χ0n) is 17.9. The zero-order chi connectivity index (χ0) is 22.3. The molecular weight excluding hydrogens is 392 g/mol. The molecule has 1 unspecified atom stereocenters. The number of amides is 3. The molecule has 7 heteroatoms. The van der Waals surface area contributed by atoms with Gasteiger partial charge in [-0.25, -0.2) is 4.68 Å². The van der Waals surface area contributed by atoms with E-state index in [0.717, 1.165) is 22.0 Å². The van der Waals surface area contributed by atoms with E-state index in [4.69, 9.17) is 0 Å². The second-order valence-electron chi connectivity index (χ2n) is 8.09. The van der Waals surface area contributed by atoms with Gasteiger partial charge < -0.3 is 5.32 Å². The average molecular weight is 416 g/mol. The second kappa shape index (κ2) is 7.83. The first-order valence-corrected chi connectivity index (χ1v) is 10.2. The monoisotopic (exact) mass is 416 g/mol. The summed E-state index contributed by atoms with van der Waals surface area (Å²) in [5, 5.41) is 7.35. The largest absolute Gasteiger partial charge is 0.324 e. The van der Waals surface area contributed by atoms with Gasteiger partial charge in [-0.3, -0.25) is 19.3 Å². The molecule has 0 radical (unpaired) electrons. The van der Waals surface area contributed by atoms with Gasteiger partial charge in [0.05, 0.1) is 22.5 Å². The van der Waals surface area contributed by atoms with Gasteiger partial charge in [0.25, 0.3) is 11.8 Å². The molecule has 1 aromatic heterocycles. The number of nitrogens with one attached hydrogen (secondary N) is 1. The van der Waals surface area contributed by atoms with Crippen LogP contribution in [-0.2, 0) is 4.79 Å². The van der Waals surface area contributed by atoms with Crippen LogP contribution in [-0.4, -0.2) is 38.4 Å². The topological polar surface area (TPSA) is 84.3 Å². The summed E-state index contributed by atoms with van der Waals surface area (Å²) in [5.74, 6) is -1.55. The van der Waals surface area contributed by atoms with Crippen LogP contribution < -0.4 is 5.32 Å². The summed E-state index contributed by atoms with van der Waals surface area (Å²) in [4.78, 5) is 40.1. The van der Waals surface area contributed by atoms with E-state index in [2.05, 4.69) is 10.4 Å². The van der Waals surface area contributed by atoms with E-state index < -0.39 is 23.8 Å². The molecule has 0 fully saturated rings. The van der Waals surface area contributed by atoms with E-state index in [9.17, 15) is 14.4 Å². The highest BCUT2D eigenvalue weighted by Crippen LogP contribution is 2.28. The van der Waals surface area contributed by atoms with Gasteiger partial charge in [-0.2, -0.15) is 5.10 Å². The number of hydrogen-bond donors (Lipinski definition) is 1. The molecule has 1 aliphatic heterocycles. The Bertz CT molecular complexity index is 1160. The van der Waals surface area contributed by atoms with Gasteiger partial charge in [-0.05, 0) is 56.2 Å². The molecule has 0 saturated heterocycles. The van der Waals surface area contributed by atoms with Crippen molar-refractivity contribution in [1.82, 2.24) is 14.7 Å². The van der Waals surface area contributed by atoms with Gasteiger partial charge in [0, 0.05) is 11.4 Å². The highest BCUT2D eigenvalue weighted by molar-refractivity contribution is 6.23. The molecule has 0 aliphatic carbocycles. The summed E-state index contributed by atoms with van der Waals surface area (Å²) in [6, 6.07) is 15.0. The van der Waals surface area contributed by atoms with E-state index in [-0.39, 0.29) is 5.92 Å². The molecule has 0 spiro atoms. The third kappa shape index (κ3) is 3.63. The van der Waals surface area contributed by atoms with Crippen molar-refractivity contribution in [2.75, 3.05) is 5.32 Å². The van der Waals surface area contributed by atoms with E-state index in [1.807, 2.05) is 52.0 Å². The fourth-order valence-corrected chi connectivity index (χ4v) is 4.00. The summed E-state index contributed by atoms with van der Waals surface area (Å²) in [7, 11) is 0. The quantitative estimate of drug-likeness (QED) is 0.642. The molecule has 7 nitrogen and oxygen atoms in total. The highest BCUT2D eigenvalue weighted by atomic mass is 16.2. The first-order chi connectivity index (χ1) is 14.8. The maximum Gasteiger partial charge on any atom is 0.262 e. The summed E-state index contributed by atoms with van der Waals surface area (Å²) < 4.78 is 1.80. The van der Waals surface area contributed by atoms with Crippen molar-refractivity contribution in [1.29, 1.82) is 0 Å². The molecular formula is C24H24N4O3. The van der Waals surface area contributed by atoms with Crippen LogP contribution in [0, 0.1) is 19.8 Å². The first kappa shape index (κ1) is 20.5. The van der Waals surface area contributed by atoms with E-state index in [1.54, 1.807) is 35.0 Å². The number of imide groups is 1. The third-order valence-corrected chi connectivity index (χ3v) is 5.37. The van der Waals surface area contributed by atoms with Crippen LogP contribution in [0.5, 0.6) is 0 Å². The van der Waals surface area contributed by atoms with Gasteiger partial charge >= 0.3 is 0 Å². The number of fused-ring (bicyclic) bond motifs is 1. The SMILES string of the molecule is Cc1cc(C)n(-c2cccc(NC(=O)C(C(C)C)N3C(=O)c4ccccc4C3=O)c2)n1. The summed E-state index contributed by atoms with van der Waals surface area (Å²) in [6.07, 6.45) is 0. The maximum absolute atomic E-state index is 13.2. The minimum atomic E-state index is -0.926. The standard InChI is InChI=1S/C24H24N4O3/c1-14(2)21(27-23(30)19-10-5-6-11-20(19)24(27)31)22(29)25-17-8-7-9-18(13-17)28-16(4)12-15(3)26-28/h5-14,21H,1-4H3,(H,25,29). The number of carbonyl (C=O) groups excluding carboxylic acids is 3. The molecule has 4 rings (SSSR count). The van der Waals surface area contributed by atoms with Crippen molar-refractivity contribution in [2.45, 2.75) is 33.7 Å². The van der Waals surface area contributed by atoms with Crippen molar-refractivity contribution in [3.8, 4) is 5.69 Å². The van der Waals surface area contributed by atoms with Crippen molar-refractivity contribution >= 4 is 23.4 Å². The molecule has 0 saturated carbocycles. The summed E-state index contributed by atoms with van der Waals surface area (Å²) in [5.41, 5.74) is 3.92. The van der Waals surface area contributed by atoms with Crippen LogP contribution in [0.2, 0.25) is 0 Å². The Morgan fingerprint density at radius 3 is 2.13 bits per heavy atom. The fourth-order valence-electron chi connectivity index (χ4n) is 4.00. The van der Waals surface area contributed by atoms with Crippen LogP contribution in [0.3, 0.4) is 0 Å².